The van der Waals surface area contributed by atoms with Crippen LogP contribution in [0.1, 0.15) is 52.4 Å². The average molecular weight is 242 g/mol. The molecule has 3 heteroatoms. The van der Waals surface area contributed by atoms with Crippen molar-refractivity contribution in [1.29, 1.82) is 0 Å². The van der Waals surface area contributed by atoms with Gasteiger partial charge in [0.05, 0.1) is 5.60 Å². The molecule has 3 nitrogen and oxygen atoms in total. The molecule has 0 bridgehead atoms. The number of rotatable bonds is 6. The zero-order valence-electron chi connectivity index (χ0n) is 11.5. The third-order valence-corrected chi connectivity index (χ3v) is 4.14. The highest BCUT2D eigenvalue weighted by Crippen LogP contribution is 2.26. The van der Waals surface area contributed by atoms with E-state index in [-0.39, 0.29) is 0 Å². The summed E-state index contributed by atoms with van der Waals surface area (Å²) in [7, 11) is 0. The Bertz CT molecular complexity index is 198. The molecule has 17 heavy (non-hydrogen) atoms. The van der Waals surface area contributed by atoms with Crippen molar-refractivity contribution in [1.82, 2.24) is 5.32 Å². The van der Waals surface area contributed by atoms with Gasteiger partial charge in [0, 0.05) is 6.54 Å². The Hall–Kier alpha value is -0.120. The Labute approximate surface area is 106 Å². The lowest BCUT2D eigenvalue weighted by Crippen LogP contribution is -2.43. The molecule has 1 fully saturated rings. The maximum Gasteiger partial charge on any atom is 0.0771 e. The molecule has 0 aromatic rings. The second-order valence-electron chi connectivity index (χ2n) is 6.01. The number of nitrogens with two attached hydrogens (primary N) is 1. The SMILES string of the molecule is CC(C)C(CN)CNCC1(O)CCCCCC1. The van der Waals surface area contributed by atoms with Crippen LogP contribution in [-0.4, -0.2) is 30.3 Å². The topological polar surface area (TPSA) is 58.3 Å². The van der Waals surface area contributed by atoms with Crippen molar-refractivity contribution in [2.75, 3.05) is 19.6 Å². The van der Waals surface area contributed by atoms with Crippen LogP contribution in [0.4, 0.5) is 0 Å². The van der Waals surface area contributed by atoms with Crippen LogP contribution in [0.5, 0.6) is 0 Å². The third kappa shape index (κ3) is 5.36. The fraction of sp³-hybridized carbons (Fsp3) is 1.00. The van der Waals surface area contributed by atoms with Gasteiger partial charge in [-0.1, -0.05) is 39.5 Å². The predicted molar refractivity (Wildman–Crippen MR) is 72.9 cm³/mol. The molecule has 1 rings (SSSR count). The predicted octanol–water partition coefficient (Wildman–Crippen LogP) is 1.89. The number of hydrogen-bond donors (Lipinski definition) is 3. The second kappa shape index (κ2) is 7.34. The van der Waals surface area contributed by atoms with Gasteiger partial charge in [-0.2, -0.15) is 0 Å². The quantitative estimate of drug-likeness (QED) is 0.623. The summed E-state index contributed by atoms with van der Waals surface area (Å²) in [6, 6.07) is 0. The highest BCUT2D eigenvalue weighted by Gasteiger charge is 2.27. The molecule has 0 amide bonds. The Morgan fingerprint density at radius 2 is 1.76 bits per heavy atom. The van der Waals surface area contributed by atoms with Gasteiger partial charge in [-0.15, -0.1) is 0 Å². The summed E-state index contributed by atoms with van der Waals surface area (Å²) in [5, 5.41) is 13.9. The average Bonchev–Trinajstić information content (AvgIpc) is 2.49. The van der Waals surface area contributed by atoms with E-state index in [1.165, 1.54) is 25.7 Å². The van der Waals surface area contributed by atoms with E-state index in [9.17, 15) is 5.11 Å². The minimum absolute atomic E-state index is 0.466. The third-order valence-electron chi connectivity index (χ3n) is 4.14. The number of hydrogen-bond acceptors (Lipinski definition) is 3. The van der Waals surface area contributed by atoms with E-state index in [1.54, 1.807) is 0 Å². The fourth-order valence-corrected chi connectivity index (χ4v) is 2.64. The number of aliphatic hydroxyl groups is 1. The van der Waals surface area contributed by atoms with Gasteiger partial charge in [0.2, 0.25) is 0 Å². The van der Waals surface area contributed by atoms with Crippen molar-refractivity contribution >= 4 is 0 Å². The minimum Gasteiger partial charge on any atom is -0.389 e. The lowest BCUT2D eigenvalue weighted by atomic mass is 9.93. The van der Waals surface area contributed by atoms with Crippen LogP contribution >= 0.6 is 0 Å². The first-order valence-electron chi connectivity index (χ1n) is 7.20. The maximum atomic E-state index is 10.5. The van der Waals surface area contributed by atoms with Gasteiger partial charge in [0.25, 0.3) is 0 Å². The molecule has 0 aliphatic heterocycles. The largest absolute Gasteiger partial charge is 0.389 e. The van der Waals surface area contributed by atoms with Gasteiger partial charge in [0.1, 0.15) is 0 Å². The molecule has 0 radical (unpaired) electrons. The summed E-state index contributed by atoms with van der Waals surface area (Å²) in [6.07, 6.45) is 6.80. The van der Waals surface area contributed by atoms with E-state index >= 15 is 0 Å². The van der Waals surface area contributed by atoms with Gasteiger partial charge >= 0.3 is 0 Å². The molecule has 0 spiro atoms. The first kappa shape index (κ1) is 14.9. The molecule has 1 aliphatic rings. The summed E-state index contributed by atoms with van der Waals surface area (Å²) in [5.41, 5.74) is 5.28. The van der Waals surface area contributed by atoms with Gasteiger partial charge in [0.15, 0.2) is 0 Å². The van der Waals surface area contributed by atoms with Crippen molar-refractivity contribution < 1.29 is 5.11 Å². The van der Waals surface area contributed by atoms with Gasteiger partial charge < -0.3 is 16.2 Å². The molecule has 0 aromatic heterocycles. The molecule has 0 heterocycles. The highest BCUT2D eigenvalue weighted by molar-refractivity contribution is 4.83. The molecule has 1 saturated carbocycles. The Morgan fingerprint density at radius 1 is 1.18 bits per heavy atom. The molecular weight excluding hydrogens is 212 g/mol. The molecule has 0 aromatic carbocycles. The van der Waals surface area contributed by atoms with Crippen molar-refractivity contribution in [3.63, 3.8) is 0 Å². The number of nitrogens with one attached hydrogen (secondary N) is 1. The van der Waals surface area contributed by atoms with Crippen LogP contribution in [0.15, 0.2) is 0 Å². The van der Waals surface area contributed by atoms with E-state index in [2.05, 4.69) is 19.2 Å². The Kier molecular flexibility index (Phi) is 6.45. The van der Waals surface area contributed by atoms with Crippen molar-refractivity contribution in [3.05, 3.63) is 0 Å². The van der Waals surface area contributed by atoms with E-state index in [4.69, 9.17) is 5.73 Å². The zero-order chi connectivity index (χ0) is 12.7. The standard InChI is InChI=1S/C14H30N2O/c1-12(2)13(9-15)10-16-11-14(17)7-5-3-4-6-8-14/h12-13,16-17H,3-11,15H2,1-2H3. The highest BCUT2D eigenvalue weighted by atomic mass is 16.3. The zero-order valence-corrected chi connectivity index (χ0v) is 11.5. The molecule has 1 unspecified atom stereocenters. The summed E-state index contributed by atoms with van der Waals surface area (Å²) < 4.78 is 0. The first-order chi connectivity index (χ1) is 8.07. The van der Waals surface area contributed by atoms with E-state index in [0.29, 0.717) is 11.8 Å². The van der Waals surface area contributed by atoms with E-state index in [1.807, 2.05) is 0 Å². The normalized spacial score (nSPS) is 22.4. The summed E-state index contributed by atoms with van der Waals surface area (Å²) in [4.78, 5) is 0. The Balaban J connectivity index is 2.28. The maximum absolute atomic E-state index is 10.5. The monoisotopic (exact) mass is 242 g/mol. The lowest BCUT2D eigenvalue weighted by molar-refractivity contribution is 0.0242. The molecule has 0 saturated heterocycles. The molecule has 102 valence electrons. The van der Waals surface area contributed by atoms with E-state index in [0.717, 1.165) is 32.5 Å². The summed E-state index contributed by atoms with van der Waals surface area (Å²) in [5.74, 6) is 1.13. The first-order valence-corrected chi connectivity index (χ1v) is 7.20. The molecule has 4 N–H and O–H groups in total. The van der Waals surface area contributed by atoms with Crippen LogP contribution < -0.4 is 11.1 Å². The van der Waals surface area contributed by atoms with Crippen LogP contribution in [0, 0.1) is 11.8 Å². The minimum atomic E-state index is -0.466. The van der Waals surface area contributed by atoms with Crippen LogP contribution in [0.25, 0.3) is 0 Å². The summed E-state index contributed by atoms with van der Waals surface area (Å²) in [6.45, 7) is 6.80. The molecular formula is C14H30N2O. The van der Waals surface area contributed by atoms with Crippen molar-refractivity contribution in [2.45, 2.75) is 58.0 Å². The van der Waals surface area contributed by atoms with Crippen LogP contribution in [-0.2, 0) is 0 Å². The van der Waals surface area contributed by atoms with E-state index < -0.39 is 5.60 Å². The van der Waals surface area contributed by atoms with Crippen molar-refractivity contribution in [2.24, 2.45) is 17.6 Å². The van der Waals surface area contributed by atoms with Gasteiger partial charge in [-0.3, -0.25) is 0 Å². The van der Waals surface area contributed by atoms with Crippen molar-refractivity contribution in [3.8, 4) is 0 Å². The smallest absolute Gasteiger partial charge is 0.0771 e. The molecule has 1 atom stereocenters. The summed E-state index contributed by atoms with van der Waals surface area (Å²) >= 11 is 0. The van der Waals surface area contributed by atoms with Crippen LogP contribution in [0.2, 0.25) is 0 Å². The Morgan fingerprint density at radius 3 is 2.24 bits per heavy atom. The van der Waals surface area contributed by atoms with Gasteiger partial charge in [-0.25, -0.2) is 0 Å². The van der Waals surface area contributed by atoms with Gasteiger partial charge in [-0.05, 0) is 37.8 Å². The molecule has 1 aliphatic carbocycles. The second-order valence-corrected chi connectivity index (χ2v) is 6.01. The van der Waals surface area contributed by atoms with Crippen LogP contribution in [0.3, 0.4) is 0 Å². The fourth-order valence-electron chi connectivity index (χ4n) is 2.64. The lowest BCUT2D eigenvalue weighted by Gasteiger charge is -2.28.